The second kappa shape index (κ2) is 5.26. The van der Waals surface area contributed by atoms with Gasteiger partial charge in [-0.2, -0.15) is 0 Å². The van der Waals surface area contributed by atoms with Crippen LogP contribution < -0.4 is 5.73 Å². The number of rotatable bonds is 5. The lowest BCUT2D eigenvalue weighted by molar-refractivity contribution is 0.0298. The van der Waals surface area contributed by atoms with E-state index in [0.717, 1.165) is 13.0 Å². The van der Waals surface area contributed by atoms with Crippen LogP contribution in [0, 0.1) is 17.8 Å². The summed E-state index contributed by atoms with van der Waals surface area (Å²) in [6.45, 7) is 4.63. The summed E-state index contributed by atoms with van der Waals surface area (Å²) in [7, 11) is 0. The van der Waals surface area contributed by atoms with E-state index in [1.54, 1.807) is 0 Å². The molecule has 2 N–H and O–H groups in total. The van der Waals surface area contributed by atoms with Crippen molar-refractivity contribution in [2.45, 2.75) is 45.3 Å². The summed E-state index contributed by atoms with van der Waals surface area (Å²) < 4.78 is 5.63. The van der Waals surface area contributed by atoms with Crippen LogP contribution in [0.4, 0.5) is 0 Å². The first-order valence-corrected chi connectivity index (χ1v) is 5.06. The molecular weight excluding hydrogens is 162 g/mol. The molecule has 2 unspecified atom stereocenters. The van der Waals surface area contributed by atoms with Gasteiger partial charge in [0, 0.05) is 19.1 Å². The molecule has 0 aromatic carbocycles. The van der Waals surface area contributed by atoms with E-state index in [9.17, 15) is 0 Å². The predicted molar refractivity (Wildman–Crippen MR) is 54.2 cm³/mol. The highest BCUT2D eigenvalue weighted by Crippen LogP contribution is 2.35. The maximum atomic E-state index is 6.00. The van der Waals surface area contributed by atoms with Crippen LogP contribution in [0.15, 0.2) is 0 Å². The topological polar surface area (TPSA) is 35.2 Å². The van der Waals surface area contributed by atoms with E-state index in [0.29, 0.717) is 5.92 Å². The fraction of sp³-hybridized carbons (Fsp3) is 0.818. The van der Waals surface area contributed by atoms with Crippen molar-refractivity contribution in [3.05, 3.63) is 0 Å². The molecule has 0 aliphatic heterocycles. The van der Waals surface area contributed by atoms with Crippen LogP contribution in [-0.2, 0) is 4.74 Å². The monoisotopic (exact) mass is 181 g/mol. The first-order chi connectivity index (χ1) is 6.29. The zero-order valence-corrected chi connectivity index (χ0v) is 8.55. The molecule has 0 radical (unpaired) electrons. The lowest BCUT2D eigenvalue weighted by Crippen LogP contribution is -2.38. The summed E-state index contributed by atoms with van der Waals surface area (Å²) >= 11 is 0. The van der Waals surface area contributed by atoms with E-state index in [4.69, 9.17) is 10.5 Å². The Bertz CT molecular complexity index is 200. The SMILES string of the molecule is CC#CCC(N)C(OCC)C1CC1. The lowest BCUT2D eigenvalue weighted by atomic mass is 10.0. The standard InChI is InChI=1S/C11H19NO/c1-3-5-6-10(12)11(13-4-2)9-7-8-9/h9-11H,4,6-8,12H2,1-2H3. The number of nitrogens with two attached hydrogens (primary N) is 1. The van der Waals surface area contributed by atoms with Gasteiger partial charge in [-0.3, -0.25) is 0 Å². The summed E-state index contributed by atoms with van der Waals surface area (Å²) in [5.74, 6) is 6.59. The quantitative estimate of drug-likeness (QED) is 0.653. The molecule has 0 spiro atoms. The van der Waals surface area contributed by atoms with Crippen molar-refractivity contribution in [1.29, 1.82) is 0 Å². The van der Waals surface area contributed by atoms with Gasteiger partial charge in [-0.25, -0.2) is 0 Å². The summed E-state index contributed by atoms with van der Waals surface area (Å²) in [5.41, 5.74) is 6.00. The van der Waals surface area contributed by atoms with Gasteiger partial charge in [-0.1, -0.05) is 0 Å². The van der Waals surface area contributed by atoms with Gasteiger partial charge in [0.25, 0.3) is 0 Å². The second-order valence-corrected chi connectivity index (χ2v) is 3.55. The minimum atomic E-state index is 0.0971. The van der Waals surface area contributed by atoms with Crippen LogP contribution in [0.5, 0.6) is 0 Å². The Morgan fingerprint density at radius 3 is 2.69 bits per heavy atom. The van der Waals surface area contributed by atoms with Crippen LogP contribution in [0.3, 0.4) is 0 Å². The van der Waals surface area contributed by atoms with Crippen molar-refractivity contribution in [2.24, 2.45) is 11.7 Å². The Balaban J connectivity index is 2.36. The second-order valence-electron chi connectivity index (χ2n) is 3.55. The molecule has 74 valence electrons. The molecule has 0 amide bonds. The molecule has 1 rings (SSSR count). The minimum Gasteiger partial charge on any atom is -0.377 e. The molecule has 1 saturated carbocycles. The molecule has 0 aromatic heterocycles. The van der Waals surface area contributed by atoms with Gasteiger partial charge in [0.1, 0.15) is 0 Å². The normalized spacial score (nSPS) is 20.2. The molecule has 1 aliphatic rings. The molecule has 0 bridgehead atoms. The Labute approximate surface area is 80.8 Å². The highest BCUT2D eigenvalue weighted by atomic mass is 16.5. The Morgan fingerprint density at radius 2 is 2.23 bits per heavy atom. The van der Waals surface area contributed by atoms with Crippen molar-refractivity contribution >= 4 is 0 Å². The van der Waals surface area contributed by atoms with Crippen LogP contribution in [0.2, 0.25) is 0 Å². The molecule has 0 aromatic rings. The van der Waals surface area contributed by atoms with E-state index in [1.165, 1.54) is 12.8 Å². The van der Waals surface area contributed by atoms with Crippen LogP contribution in [0.25, 0.3) is 0 Å². The molecular formula is C11H19NO. The molecule has 0 saturated heterocycles. The molecule has 13 heavy (non-hydrogen) atoms. The zero-order chi connectivity index (χ0) is 9.68. The van der Waals surface area contributed by atoms with Crippen LogP contribution >= 0.6 is 0 Å². The van der Waals surface area contributed by atoms with Gasteiger partial charge in [-0.05, 0) is 32.6 Å². The number of hydrogen-bond donors (Lipinski definition) is 1. The predicted octanol–water partition coefficient (Wildman–Crippen LogP) is 1.54. The smallest absolute Gasteiger partial charge is 0.0763 e. The van der Waals surface area contributed by atoms with Crippen molar-refractivity contribution < 1.29 is 4.74 Å². The van der Waals surface area contributed by atoms with E-state index in [1.807, 2.05) is 13.8 Å². The van der Waals surface area contributed by atoms with Gasteiger partial charge in [0.2, 0.25) is 0 Å². The average molecular weight is 181 g/mol. The van der Waals surface area contributed by atoms with Crippen molar-refractivity contribution in [3.63, 3.8) is 0 Å². The average Bonchev–Trinajstić information content (AvgIpc) is 2.93. The fourth-order valence-electron chi connectivity index (χ4n) is 1.56. The van der Waals surface area contributed by atoms with Gasteiger partial charge in [0.15, 0.2) is 0 Å². The van der Waals surface area contributed by atoms with Gasteiger partial charge in [0.05, 0.1) is 6.10 Å². The Hall–Kier alpha value is -0.520. The van der Waals surface area contributed by atoms with Crippen LogP contribution in [-0.4, -0.2) is 18.8 Å². The molecule has 2 nitrogen and oxygen atoms in total. The third-order valence-electron chi connectivity index (χ3n) is 2.38. The molecule has 2 heteroatoms. The largest absolute Gasteiger partial charge is 0.377 e. The first kappa shape index (κ1) is 10.6. The highest BCUT2D eigenvalue weighted by molar-refractivity contribution is 5.01. The van der Waals surface area contributed by atoms with E-state index in [-0.39, 0.29) is 12.1 Å². The minimum absolute atomic E-state index is 0.0971. The van der Waals surface area contributed by atoms with Gasteiger partial charge in [-0.15, -0.1) is 11.8 Å². The number of ether oxygens (including phenoxy) is 1. The molecule has 1 aliphatic carbocycles. The molecule has 2 atom stereocenters. The lowest BCUT2D eigenvalue weighted by Gasteiger charge is -2.21. The maximum absolute atomic E-state index is 6.00. The Morgan fingerprint density at radius 1 is 1.54 bits per heavy atom. The first-order valence-electron chi connectivity index (χ1n) is 5.06. The van der Waals surface area contributed by atoms with E-state index >= 15 is 0 Å². The van der Waals surface area contributed by atoms with E-state index < -0.39 is 0 Å². The van der Waals surface area contributed by atoms with Gasteiger partial charge >= 0.3 is 0 Å². The van der Waals surface area contributed by atoms with Crippen molar-refractivity contribution in [1.82, 2.24) is 0 Å². The molecule has 1 fully saturated rings. The Kier molecular flexibility index (Phi) is 4.27. The summed E-state index contributed by atoms with van der Waals surface area (Å²) in [4.78, 5) is 0. The van der Waals surface area contributed by atoms with Gasteiger partial charge < -0.3 is 10.5 Å². The van der Waals surface area contributed by atoms with E-state index in [2.05, 4.69) is 11.8 Å². The number of hydrogen-bond acceptors (Lipinski definition) is 2. The summed E-state index contributed by atoms with van der Waals surface area (Å²) in [6, 6.07) is 0.0971. The highest BCUT2D eigenvalue weighted by Gasteiger charge is 2.35. The van der Waals surface area contributed by atoms with Crippen LogP contribution in [0.1, 0.15) is 33.1 Å². The third kappa shape index (κ3) is 3.38. The van der Waals surface area contributed by atoms with Crippen molar-refractivity contribution in [2.75, 3.05) is 6.61 Å². The third-order valence-corrected chi connectivity index (χ3v) is 2.38. The maximum Gasteiger partial charge on any atom is 0.0763 e. The summed E-state index contributed by atoms with van der Waals surface area (Å²) in [5, 5.41) is 0. The fourth-order valence-corrected chi connectivity index (χ4v) is 1.56. The zero-order valence-electron chi connectivity index (χ0n) is 8.55. The summed E-state index contributed by atoms with van der Waals surface area (Å²) in [6.07, 6.45) is 3.55. The van der Waals surface area contributed by atoms with Crippen molar-refractivity contribution in [3.8, 4) is 11.8 Å². The molecule has 0 heterocycles.